The molecule has 0 saturated heterocycles. The van der Waals surface area contributed by atoms with E-state index in [4.69, 9.17) is 17.3 Å². The van der Waals surface area contributed by atoms with E-state index in [0.29, 0.717) is 10.8 Å². The third-order valence-electron chi connectivity index (χ3n) is 3.03. The van der Waals surface area contributed by atoms with Crippen LogP contribution in [0.1, 0.15) is 0 Å². The molecule has 5 heteroatoms. The second-order valence-corrected chi connectivity index (χ2v) is 5.69. The van der Waals surface area contributed by atoms with Crippen molar-refractivity contribution in [2.75, 3.05) is 5.73 Å². The summed E-state index contributed by atoms with van der Waals surface area (Å²) >= 11 is 9.31. The maximum absolute atomic E-state index is 6.20. The first-order valence-electron chi connectivity index (χ1n) is 6.00. The van der Waals surface area contributed by atoms with E-state index in [1.165, 1.54) is 0 Å². The minimum absolute atomic E-state index is 0.606. The van der Waals surface area contributed by atoms with Gasteiger partial charge in [0.05, 0.1) is 11.9 Å². The molecule has 2 aromatic carbocycles. The summed E-state index contributed by atoms with van der Waals surface area (Å²) in [5.74, 6) is 0.606. The topological polar surface area (TPSA) is 43.8 Å². The minimum atomic E-state index is 0.606. The van der Waals surface area contributed by atoms with Gasteiger partial charge in [-0.05, 0) is 42.0 Å². The van der Waals surface area contributed by atoms with Crippen molar-refractivity contribution < 1.29 is 0 Å². The van der Waals surface area contributed by atoms with Gasteiger partial charge in [-0.3, -0.25) is 0 Å². The third kappa shape index (κ3) is 2.44. The van der Waals surface area contributed by atoms with Gasteiger partial charge in [-0.1, -0.05) is 39.7 Å². The number of rotatable bonds is 2. The molecule has 0 fully saturated rings. The fraction of sp³-hybridized carbons (Fsp3) is 0. The van der Waals surface area contributed by atoms with Crippen LogP contribution in [0.15, 0.2) is 59.2 Å². The molecule has 20 heavy (non-hydrogen) atoms. The van der Waals surface area contributed by atoms with E-state index in [1.54, 1.807) is 10.9 Å². The second-order valence-electron chi connectivity index (χ2n) is 4.34. The number of nitrogen functional groups attached to an aromatic ring is 1. The lowest BCUT2D eigenvalue weighted by Crippen LogP contribution is -2.01. The summed E-state index contributed by atoms with van der Waals surface area (Å²) < 4.78 is 2.73. The molecule has 3 nitrogen and oxygen atoms in total. The fourth-order valence-electron chi connectivity index (χ4n) is 2.00. The Kier molecular flexibility index (Phi) is 3.51. The molecule has 3 aromatic rings. The molecule has 2 N–H and O–H groups in total. The van der Waals surface area contributed by atoms with Crippen LogP contribution < -0.4 is 5.73 Å². The Balaban J connectivity index is 2.04. The summed E-state index contributed by atoms with van der Waals surface area (Å²) in [5.41, 5.74) is 9.03. The van der Waals surface area contributed by atoms with Crippen LogP contribution in [-0.4, -0.2) is 9.78 Å². The van der Waals surface area contributed by atoms with Gasteiger partial charge in [-0.2, -0.15) is 5.10 Å². The summed E-state index contributed by atoms with van der Waals surface area (Å²) in [7, 11) is 0. The minimum Gasteiger partial charge on any atom is -0.383 e. The van der Waals surface area contributed by atoms with Crippen molar-refractivity contribution in [3.63, 3.8) is 0 Å². The molecular weight excluding hydrogens is 338 g/mol. The van der Waals surface area contributed by atoms with Crippen molar-refractivity contribution in [3.05, 3.63) is 64.2 Å². The molecule has 0 aliphatic rings. The molecule has 0 spiro atoms. The highest BCUT2D eigenvalue weighted by Crippen LogP contribution is 2.28. The number of hydrogen-bond acceptors (Lipinski definition) is 2. The number of hydrogen-bond donors (Lipinski definition) is 1. The molecule has 0 unspecified atom stereocenters. The first-order valence-corrected chi connectivity index (χ1v) is 7.17. The van der Waals surface area contributed by atoms with Crippen molar-refractivity contribution in [3.8, 4) is 16.8 Å². The molecular formula is C15H11BrClN3. The number of anilines is 1. The Morgan fingerprint density at radius 1 is 1.00 bits per heavy atom. The van der Waals surface area contributed by atoms with Gasteiger partial charge < -0.3 is 5.73 Å². The third-order valence-corrected chi connectivity index (χ3v) is 3.81. The summed E-state index contributed by atoms with van der Waals surface area (Å²) in [6.45, 7) is 0. The Hall–Kier alpha value is -1.78. The van der Waals surface area contributed by atoms with E-state index in [1.807, 2.05) is 48.5 Å². The zero-order valence-corrected chi connectivity index (χ0v) is 12.8. The van der Waals surface area contributed by atoms with Crippen molar-refractivity contribution in [1.29, 1.82) is 0 Å². The number of aromatic nitrogens is 2. The normalized spacial score (nSPS) is 10.7. The van der Waals surface area contributed by atoms with Gasteiger partial charge in [0.25, 0.3) is 0 Å². The summed E-state index contributed by atoms with van der Waals surface area (Å²) in [6, 6.07) is 15.4. The fourth-order valence-corrected chi connectivity index (χ4v) is 2.39. The molecule has 1 heterocycles. The smallest absolute Gasteiger partial charge is 0.135 e. The molecule has 0 aliphatic carbocycles. The predicted molar refractivity (Wildman–Crippen MR) is 86.1 cm³/mol. The van der Waals surface area contributed by atoms with Gasteiger partial charge in [0.15, 0.2) is 0 Å². The lowest BCUT2D eigenvalue weighted by Gasteiger charge is -2.05. The predicted octanol–water partition coefficient (Wildman–Crippen LogP) is 4.54. The maximum atomic E-state index is 6.20. The van der Waals surface area contributed by atoms with Gasteiger partial charge in [0, 0.05) is 15.1 Å². The van der Waals surface area contributed by atoms with Crippen LogP contribution in [0.3, 0.4) is 0 Å². The van der Waals surface area contributed by atoms with Gasteiger partial charge in [0.1, 0.15) is 5.82 Å². The van der Waals surface area contributed by atoms with E-state index >= 15 is 0 Å². The van der Waals surface area contributed by atoms with Gasteiger partial charge in [-0.15, -0.1) is 0 Å². The molecule has 3 rings (SSSR count). The monoisotopic (exact) mass is 347 g/mol. The van der Waals surface area contributed by atoms with Gasteiger partial charge in [-0.25, -0.2) is 4.68 Å². The number of halogens is 2. The lowest BCUT2D eigenvalue weighted by atomic mass is 10.1. The highest BCUT2D eigenvalue weighted by Gasteiger charge is 2.10. The first kappa shape index (κ1) is 13.2. The molecule has 0 bridgehead atoms. The van der Waals surface area contributed by atoms with Gasteiger partial charge >= 0.3 is 0 Å². The van der Waals surface area contributed by atoms with Gasteiger partial charge in [0.2, 0.25) is 0 Å². The summed E-state index contributed by atoms with van der Waals surface area (Å²) in [4.78, 5) is 0. The largest absolute Gasteiger partial charge is 0.383 e. The molecule has 0 amide bonds. The molecule has 0 saturated carbocycles. The number of benzene rings is 2. The summed E-state index contributed by atoms with van der Waals surface area (Å²) in [6.07, 6.45) is 1.77. The van der Waals surface area contributed by atoms with E-state index in [0.717, 1.165) is 21.3 Å². The zero-order chi connectivity index (χ0) is 14.1. The van der Waals surface area contributed by atoms with Crippen molar-refractivity contribution in [2.24, 2.45) is 0 Å². The molecule has 0 atom stereocenters. The first-order chi connectivity index (χ1) is 9.65. The van der Waals surface area contributed by atoms with Crippen molar-refractivity contribution >= 4 is 33.3 Å². The van der Waals surface area contributed by atoms with E-state index in [2.05, 4.69) is 21.0 Å². The Morgan fingerprint density at radius 2 is 1.65 bits per heavy atom. The average molecular weight is 349 g/mol. The lowest BCUT2D eigenvalue weighted by molar-refractivity contribution is 0.891. The van der Waals surface area contributed by atoms with Crippen LogP contribution in [0, 0.1) is 0 Å². The van der Waals surface area contributed by atoms with Crippen molar-refractivity contribution in [1.82, 2.24) is 9.78 Å². The number of nitrogens with zero attached hydrogens (tertiary/aromatic N) is 2. The number of nitrogens with two attached hydrogens (primary N) is 1. The van der Waals surface area contributed by atoms with Crippen LogP contribution in [0.2, 0.25) is 5.02 Å². The Morgan fingerprint density at radius 3 is 2.30 bits per heavy atom. The van der Waals surface area contributed by atoms with Crippen molar-refractivity contribution in [2.45, 2.75) is 0 Å². The highest BCUT2D eigenvalue weighted by atomic mass is 79.9. The van der Waals surface area contributed by atoms with E-state index < -0.39 is 0 Å². The Labute approximate surface area is 130 Å². The van der Waals surface area contributed by atoms with Crippen LogP contribution in [0.25, 0.3) is 16.8 Å². The van der Waals surface area contributed by atoms with Crippen LogP contribution >= 0.6 is 27.5 Å². The molecule has 1 aromatic heterocycles. The van der Waals surface area contributed by atoms with E-state index in [9.17, 15) is 0 Å². The highest BCUT2D eigenvalue weighted by molar-refractivity contribution is 9.10. The SMILES string of the molecule is Nc1c(-c2ccc(Br)cc2)cnn1-c1ccc(Cl)cc1. The molecule has 0 radical (unpaired) electrons. The quantitative estimate of drug-likeness (QED) is 0.739. The Bertz CT molecular complexity index is 670. The average Bonchev–Trinajstić information content (AvgIpc) is 2.83. The molecule has 100 valence electrons. The zero-order valence-electron chi connectivity index (χ0n) is 10.4. The maximum Gasteiger partial charge on any atom is 0.135 e. The standard InChI is InChI=1S/C15H11BrClN3/c16-11-3-1-10(2-4-11)14-9-19-20(15(14)18)13-7-5-12(17)6-8-13/h1-9H,18H2. The van der Waals surface area contributed by atoms with Crippen LogP contribution in [0.4, 0.5) is 5.82 Å². The second kappa shape index (κ2) is 5.31. The summed E-state index contributed by atoms with van der Waals surface area (Å²) in [5, 5.41) is 5.04. The van der Waals surface area contributed by atoms with Crippen LogP contribution in [0.5, 0.6) is 0 Å². The van der Waals surface area contributed by atoms with Crippen LogP contribution in [-0.2, 0) is 0 Å². The van der Waals surface area contributed by atoms with E-state index in [-0.39, 0.29) is 0 Å². The molecule has 0 aliphatic heterocycles.